The summed E-state index contributed by atoms with van der Waals surface area (Å²) in [5.74, 6) is 0. The molecule has 0 aliphatic carbocycles. The smallest absolute Gasteiger partial charge is 0.211 e. The fourth-order valence-electron chi connectivity index (χ4n) is 2.89. The van der Waals surface area contributed by atoms with Gasteiger partial charge in [-0.05, 0) is 51.2 Å². The average molecular weight is 246 g/mol. The number of hydrogen-bond donors (Lipinski definition) is 0. The SMILES string of the molecule is CN1CCC2(CC1)CCN(S(C)(=O)=O)CC2. The van der Waals surface area contributed by atoms with Crippen molar-refractivity contribution in [2.75, 3.05) is 39.5 Å². The van der Waals surface area contributed by atoms with Gasteiger partial charge in [-0.15, -0.1) is 0 Å². The minimum Gasteiger partial charge on any atom is -0.306 e. The van der Waals surface area contributed by atoms with Gasteiger partial charge >= 0.3 is 0 Å². The van der Waals surface area contributed by atoms with Crippen LogP contribution in [0.1, 0.15) is 25.7 Å². The van der Waals surface area contributed by atoms with Crippen LogP contribution in [0.2, 0.25) is 0 Å². The summed E-state index contributed by atoms with van der Waals surface area (Å²) in [4.78, 5) is 2.37. The molecule has 0 atom stereocenters. The van der Waals surface area contributed by atoms with Crippen molar-refractivity contribution in [1.82, 2.24) is 9.21 Å². The van der Waals surface area contributed by atoms with Crippen molar-refractivity contribution in [3.8, 4) is 0 Å². The van der Waals surface area contributed by atoms with E-state index in [1.165, 1.54) is 32.2 Å². The monoisotopic (exact) mass is 246 g/mol. The third kappa shape index (κ3) is 2.57. The fraction of sp³-hybridized carbons (Fsp3) is 1.00. The van der Waals surface area contributed by atoms with E-state index < -0.39 is 10.0 Å². The van der Waals surface area contributed by atoms with Gasteiger partial charge in [0.25, 0.3) is 0 Å². The summed E-state index contributed by atoms with van der Waals surface area (Å²) in [6.07, 6.45) is 5.89. The lowest BCUT2D eigenvalue weighted by atomic mass is 9.72. The van der Waals surface area contributed by atoms with E-state index in [0.29, 0.717) is 5.41 Å². The van der Waals surface area contributed by atoms with E-state index in [1.54, 1.807) is 4.31 Å². The average Bonchev–Trinajstić information content (AvgIpc) is 2.22. The standard InChI is InChI=1S/C11H22N2O2S/c1-12-7-3-11(4-8-12)5-9-13(10-6-11)16(2,14)15/h3-10H2,1-2H3. The third-order valence-electron chi connectivity index (χ3n) is 4.30. The number of sulfonamides is 1. The van der Waals surface area contributed by atoms with Crippen LogP contribution in [-0.4, -0.2) is 57.1 Å². The summed E-state index contributed by atoms with van der Waals surface area (Å²) in [5.41, 5.74) is 0.438. The molecule has 0 N–H and O–H groups in total. The van der Waals surface area contributed by atoms with Gasteiger partial charge in [0.1, 0.15) is 0 Å². The highest BCUT2D eigenvalue weighted by Crippen LogP contribution is 2.41. The fourth-order valence-corrected chi connectivity index (χ4v) is 3.73. The molecule has 4 nitrogen and oxygen atoms in total. The van der Waals surface area contributed by atoms with Crippen molar-refractivity contribution in [3.63, 3.8) is 0 Å². The summed E-state index contributed by atoms with van der Waals surface area (Å²) in [6.45, 7) is 3.78. The number of piperidine rings is 2. The number of likely N-dealkylation sites (tertiary alicyclic amines) is 1. The predicted octanol–water partition coefficient (Wildman–Crippen LogP) is 0.754. The largest absolute Gasteiger partial charge is 0.306 e. The first-order valence-electron chi connectivity index (χ1n) is 6.05. The second-order valence-corrected chi connectivity index (χ2v) is 7.45. The molecular weight excluding hydrogens is 224 g/mol. The van der Waals surface area contributed by atoms with Crippen LogP contribution in [-0.2, 0) is 10.0 Å². The molecule has 0 radical (unpaired) electrons. The van der Waals surface area contributed by atoms with Crippen LogP contribution >= 0.6 is 0 Å². The van der Waals surface area contributed by atoms with Gasteiger partial charge in [-0.1, -0.05) is 0 Å². The van der Waals surface area contributed by atoms with Crippen LogP contribution in [0.4, 0.5) is 0 Å². The van der Waals surface area contributed by atoms with E-state index in [-0.39, 0.29) is 0 Å². The molecule has 5 heteroatoms. The summed E-state index contributed by atoms with van der Waals surface area (Å²) in [7, 11) is -0.804. The lowest BCUT2D eigenvalue weighted by Crippen LogP contribution is -2.47. The molecular formula is C11H22N2O2S. The Kier molecular flexibility index (Phi) is 3.29. The van der Waals surface area contributed by atoms with Crippen molar-refractivity contribution in [3.05, 3.63) is 0 Å². The first kappa shape index (κ1) is 12.3. The molecule has 2 saturated heterocycles. The first-order valence-corrected chi connectivity index (χ1v) is 7.90. The maximum atomic E-state index is 11.4. The molecule has 2 aliphatic heterocycles. The molecule has 1 spiro atoms. The maximum absolute atomic E-state index is 11.4. The maximum Gasteiger partial charge on any atom is 0.211 e. The Balaban J connectivity index is 1.94. The van der Waals surface area contributed by atoms with Crippen LogP contribution in [0.25, 0.3) is 0 Å². The van der Waals surface area contributed by atoms with Crippen molar-refractivity contribution in [2.24, 2.45) is 5.41 Å². The minimum atomic E-state index is -2.97. The number of hydrogen-bond acceptors (Lipinski definition) is 3. The van der Waals surface area contributed by atoms with E-state index in [9.17, 15) is 8.42 Å². The Morgan fingerprint density at radius 2 is 1.38 bits per heavy atom. The Hall–Kier alpha value is -0.130. The van der Waals surface area contributed by atoms with E-state index in [4.69, 9.17) is 0 Å². The van der Waals surface area contributed by atoms with Gasteiger partial charge < -0.3 is 4.90 Å². The van der Waals surface area contributed by atoms with Crippen molar-refractivity contribution in [1.29, 1.82) is 0 Å². The first-order chi connectivity index (χ1) is 7.41. The Bertz CT molecular complexity index is 335. The van der Waals surface area contributed by atoms with Crippen molar-refractivity contribution >= 4 is 10.0 Å². The summed E-state index contributed by atoms with van der Waals surface area (Å²) < 4.78 is 24.5. The third-order valence-corrected chi connectivity index (χ3v) is 5.60. The molecule has 2 fully saturated rings. The van der Waals surface area contributed by atoms with Gasteiger partial charge in [-0.3, -0.25) is 0 Å². The van der Waals surface area contributed by atoms with E-state index in [0.717, 1.165) is 25.9 Å². The molecule has 2 rings (SSSR count). The summed E-state index contributed by atoms with van der Waals surface area (Å²) in [6, 6.07) is 0. The normalized spacial score (nSPS) is 28.4. The van der Waals surface area contributed by atoms with Crippen LogP contribution in [0.15, 0.2) is 0 Å². The van der Waals surface area contributed by atoms with Crippen molar-refractivity contribution in [2.45, 2.75) is 25.7 Å². The van der Waals surface area contributed by atoms with Gasteiger partial charge in [-0.2, -0.15) is 0 Å². The van der Waals surface area contributed by atoms with Gasteiger partial charge in [0.05, 0.1) is 6.26 Å². The van der Waals surface area contributed by atoms with Crippen LogP contribution < -0.4 is 0 Å². The molecule has 0 saturated carbocycles. The zero-order valence-corrected chi connectivity index (χ0v) is 11.1. The second-order valence-electron chi connectivity index (χ2n) is 5.47. The number of nitrogens with zero attached hydrogens (tertiary/aromatic N) is 2. The van der Waals surface area contributed by atoms with Crippen LogP contribution in [0, 0.1) is 5.41 Å². The topological polar surface area (TPSA) is 40.6 Å². The molecule has 16 heavy (non-hydrogen) atoms. The molecule has 2 heterocycles. The molecule has 0 amide bonds. The molecule has 0 aromatic heterocycles. The summed E-state index contributed by atoms with van der Waals surface area (Å²) in [5, 5.41) is 0. The lowest BCUT2D eigenvalue weighted by molar-refractivity contribution is 0.0672. The van der Waals surface area contributed by atoms with E-state index >= 15 is 0 Å². The van der Waals surface area contributed by atoms with Gasteiger partial charge in [0.2, 0.25) is 10.0 Å². The molecule has 0 unspecified atom stereocenters. The van der Waals surface area contributed by atoms with Gasteiger partial charge in [0.15, 0.2) is 0 Å². The highest BCUT2D eigenvalue weighted by Gasteiger charge is 2.38. The molecule has 2 aliphatic rings. The zero-order chi connectivity index (χ0) is 11.8. The molecule has 0 bridgehead atoms. The predicted molar refractivity (Wildman–Crippen MR) is 64.8 cm³/mol. The molecule has 0 aromatic carbocycles. The highest BCUT2D eigenvalue weighted by atomic mass is 32.2. The molecule has 94 valence electrons. The van der Waals surface area contributed by atoms with Crippen LogP contribution in [0.5, 0.6) is 0 Å². The Morgan fingerprint density at radius 3 is 1.81 bits per heavy atom. The second kappa shape index (κ2) is 4.27. The lowest BCUT2D eigenvalue weighted by Gasteiger charge is -2.45. The number of rotatable bonds is 1. The van der Waals surface area contributed by atoms with Crippen LogP contribution in [0.3, 0.4) is 0 Å². The van der Waals surface area contributed by atoms with Gasteiger partial charge in [0, 0.05) is 13.1 Å². The minimum absolute atomic E-state index is 0.438. The van der Waals surface area contributed by atoms with E-state index in [2.05, 4.69) is 11.9 Å². The Labute approximate surface area is 98.7 Å². The summed E-state index contributed by atoms with van der Waals surface area (Å²) >= 11 is 0. The quantitative estimate of drug-likeness (QED) is 0.685. The molecule has 0 aromatic rings. The van der Waals surface area contributed by atoms with E-state index in [1.807, 2.05) is 0 Å². The van der Waals surface area contributed by atoms with Crippen molar-refractivity contribution < 1.29 is 8.42 Å². The van der Waals surface area contributed by atoms with Gasteiger partial charge in [-0.25, -0.2) is 12.7 Å². The highest BCUT2D eigenvalue weighted by molar-refractivity contribution is 7.88. The Morgan fingerprint density at radius 1 is 0.938 bits per heavy atom. The zero-order valence-electron chi connectivity index (χ0n) is 10.3.